The van der Waals surface area contributed by atoms with Gasteiger partial charge in [0.05, 0.1) is 13.2 Å². The Kier molecular flexibility index (Phi) is 5.13. The second-order valence-corrected chi connectivity index (χ2v) is 7.77. The van der Waals surface area contributed by atoms with Crippen LogP contribution in [0, 0.1) is 0 Å². The smallest absolute Gasteiger partial charge is 0.262 e. The molecule has 0 atom stereocenters. The van der Waals surface area contributed by atoms with Crippen molar-refractivity contribution in [2.24, 2.45) is 0 Å². The van der Waals surface area contributed by atoms with E-state index < -0.39 is 0 Å². The fourth-order valence-electron chi connectivity index (χ4n) is 3.62. The molecule has 1 amide bonds. The topological polar surface area (TPSA) is 60.0 Å². The first kappa shape index (κ1) is 18.6. The van der Waals surface area contributed by atoms with E-state index >= 15 is 0 Å². The van der Waals surface area contributed by atoms with Crippen molar-refractivity contribution in [3.63, 3.8) is 0 Å². The normalized spacial score (nSPS) is 17.6. The molecule has 0 unspecified atom stereocenters. The summed E-state index contributed by atoms with van der Waals surface area (Å²) in [5.74, 6) is 1.16. The summed E-state index contributed by atoms with van der Waals surface area (Å²) in [7, 11) is 0. The third-order valence-corrected chi connectivity index (χ3v) is 4.94. The number of ether oxygens (including phenoxy) is 3. The Hall–Kier alpha value is -2.73. The zero-order chi connectivity index (χ0) is 19.6. The molecule has 0 bridgehead atoms. The molecule has 4 rings (SSSR count). The van der Waals surface area contributed by atoms with E-state index in [2.05, 4.69) is 10.2 Å². The van der Waals surface area contributed by atoms with Crippen LogP contribution in [0.2, 0.25) is 0 Å². The molecule has 2 aliphatic heterocycles. The van der Waals surface area contributed by atoms with Crippen molar-refractivity contribution in [1.82, 2.24) is 0 Å². The summed E-state index contributed by atoms with van der Waals surface area (Å²) < 4.78 is 17.1. The largest absolute Gasteiger partial charge is 0.483 e. The molecular weight excluding hydrogens is 356 g/mol. The molecular formula is C22H26N2O4. The summed E-state index contributed by atoms with van der Waals surface area (Å²) in [6, 6.07) is 13.7. The highest BCUT2D eigenvalue weighted by Gasteiger charge is 2.32. The van der Waals surface area contributed by atoms with E-state index in [4.69, 9.17) is 14.2 Å². The number of hydrogen-bond donors (Lipinski definition) is 1. The van der Waals surface area contributed by atoms with E-state index in [1.165, 1.54) is 0 Å². The molecule has 2 aromatic rings. The van der Waals surface area contributed by atoms with Crippen LogP contribution in [-0.2, 0) is 16.0 Å². The van der Waals surface area contributed by atoms with Crippen LogP contribution in [0.15, 0.2) is 42.5 Å². The van der Waals surface area contributed by atoms with Gasteiger partial charge in [0.2, 0.25) is 0 Å². The lowest BCUT2D eigenvalue weighted by Gasteiger charge is -2.28. The molecule has 0 spiro atoms. The highest BCUT2D eigenvalue weighted by atomic mass is 16.5. The van der Waals surface area contributed by atoms with E-state index in [-0.39, 0.29) is 18.1 Å². The minimum absolute atomic E-state index is 0.0640. The molecule has 1 saturated heterocycles. The number of anilines is 2. The first-order chi connectivity index (χ1) is 13.5. The molecule has 6 nitrogen and oxygen atoms in total. The molecule has 1 fully saturated rings. The molecule has 0 aliphatic carbocycles. The number of morpholine rings is 1. The van der Waals surface area contributed by atoms with Crippen molar-refractivity contribution < 1.29 is 19.0 Å². The monoisotopic (exact) mass is 382 g/mol. The average Bonchev–Trinajstić information content (AvgIpc) is 3.02. The fraction of sp³-hybridized carbons (Fsp3) is 0.409. The van der Waals surface area contributed by atoms with Gasteiger partial charge in [0.15, 0.2) is 18.1 Å². The molecule has 6 heteroatoms. The van der Waals surface area contributed by atoms with E-state index in [1.807, 2.05) is 56.3 Å². The first-order valence-corrected chi connectivity index (χ1v) is 9.66. The Morgan fingerprint density at radius 2 is 1.89 bits per heavy atom. The number of fused-ring (bicyclic) bond motifs is 1. The summed E-state index contributed by atoms with van der Waals surface area (Å²) in [5.41, 5.74) is 2.76. The Bertz CT molecular complexity index is 842. The molecule has 2 aliphatic rings. The Balaban J connectivity index is 1.33. The van der Waals surface area contributed by atoms with Crippen LogP contribution >= 0.6 is 0 Å². The Labute approximate surface area is 165 Å². The molecule has 148 valence electrons. The van der Waals surface area contributed by atoms with Crippen LogP contribution in [0.25, 0.3) is 0 Å². The van der Waals surface area contributed by atoms with Crippen molar-refractivity contribution >= 4 is 17.3 Å². The van der Waals surface area contributed by atoms with Gasteiger partial charge in [-0.3, -0.25) is 4.79 Å². The lowest BCUT2D eigenvalue weighted by Crippen LogP contribution is -2.36. The molecule has 0 radical (unpaired) electrons. The van der Waals surface area contributed by atoms with Crippen molar-refractivity contribution in [3.05, 3.63) is 48.0 Å². The maximum absolute atomic E-state index is 12.3. The number of rotatable bonds is 5. The minimum Gasteiger partial charge on any atom is -0.483 e. The number of amides is 1. The molecule has 2 heterocycles. The standard InChI is InChI=1S/C22H26N2O4/c1-22(2)14-16-4-3-5-19(21(16)28-22)27-15-20(25)23-17-6-8-18(9-7-17)24-10-12-26-13-11-24/h3-9H,10-15H2,1-2H3,(H,23,25). The summed E-state index contributed by atoms with van der Waals surface area (Å²) in [6.07, 6.45) is 0.835. The number of carbonyl (C=O) groups is 1. The zero-order valence-corrected chi connectivity index (χ0v) is 16.4. The average molecular weight is 382 g/mol. The van der Waals surface area contributed by atoms with E-state index in [1.54, 1.807) is 0 Å². The van der Waals surface area contributed by atoms with Gasteiger partial charge >= 0.3 is 0 Å². The van der Waals surface area contributed by atoms with Crippen LogP contribution in [0.3, 0.4) is 0 Å². The number of hydrogen-bond acceptors (Lipinski definition) is 5. The zero-order valence-electron chi connectivity index (χ0n) is 16.4. The lowest BCUT2D eigenvalue weighted by molar-refractivity contribution is -0.118. The van der Waals surface area contributed by atoms with E-state index in [0.717, 1.165) is 55.4 Å². The number of carbonyl (C=O) groups excluding carboxylic acids is 1. The van der Waals surface area contributed by atoms with Crippen molar-refractivity contribution in [3.8, 4) is 11.5 Å². The third kappa shape index (κ3) is 4.22. The second kappa shape index (κ2) is 7.72. The van der Waals surface area contributed by atoms with Gasteiger partial charge in [0.1, 0.15) is 5.60 Å². The van der Waals surface area contributed by atoms with Gasteiger partial charge in [-0.15, -0.1) is 0 Å². The summed E-state index contributed by atoms with van der Waals surface area (Å²) in [4.78, 5) is 14.6. The fourth-order valence-corrected chi connectivity index (χ4v) is 3.62. The van der Waals surface area contributed by atoms with Crippen LogP contribution in [0.4, 0.5) is 11.4 Å². The molecule has 0 saturated carbocycles. The maximum Gasteiger partial charge on any atom is 0.262 e. The van der Waals surface area contributed by atoms with Crippen molar-refractivity contribution in [2.45, 2.75) is 25.9 Å². The van der Waals surface area contributed by atoms with E-state index in [9.17, 15) is 4.79 Å². The molecule has 1 N–H and O–H groups in total. The summed E-state index contributed by atoms with van der Waals surface area (Å²) >= 11 is 0. The van der Waals surface area contributed by atoms with Crippen LogP contribution in [0.5, 0.6) is 11.5 Å². The number of benzene rings is 2. The van der Waals surface area contributed by atoms with Gasteiger partial charge in [0, 0.05) is 36.4 Å². The van der Waals surface area contributed by atoms with Crippen molar-refractivity contribution in [1.29, 1.82) is 0 Å². The minimum atomic E-state index is -0.244. The van der Waals surface area contributed by atoms with Gasteiger partial charge in [-0.25, -0.2) is 0 Å². The van der Waals surface area contributed by atoms with Gasteiger partial charge in [-0.05, 0) is 44.2 Å². The maximum atomic E-state index is 12.3. The Morgan fingerprint density at radius 3 is 2.64 bits per heavy atom. The highest BCUT2D eigenvalue weighted by Crippen LogP contribution is 2.41. The quantitative estimate of drug-likeness (QED) is 0.860. The molecule has 2 aromatic carbocycles. The highest BCUT2D eigenvalue weighted by molar-refractivity contribution is 5.92. The Morgan fingerprint density at radius 1 is 1.14 bits per heavy atom. The van der Waals surface area contributed by atoms with Gasteiger partial charge in [-0.2, -0.15) is 0 Å². The number of nitrogens with zero attached hydrogens (tertiary/aromatic N) is 1. The summed E-state index contributed by atoms with van der Waals surface area (Å²) in [5, 5.41) is 2.88. The molecule has 0 aromatic heterocycles. The lowest BCUT2D eigenvalue weighted by atomic mass is 10.0. The number of para-hydroxylation sites is 1. The van der Waals surface area contributed by atoms with Gasteiger partial charge < -0.3 is 24.4 Å². The number of nitrogens with one attached hydrogen (secondary N) is 1. The SMILES string of the molecule is CC1(C)Cc2cccc(OCC(=O)Nc3ccc(N4CCOCC4)cc3)c2O1. The van der Waals surface area contributed by atoms with Gasteiger partial charge in [0.25, 0.3) is 5.91 Å². The molecule has 28 heavy (non-hydrogen) atoms. The predicted octanol–water partition coefficient (Wildman–Crippen LogP) is 3.25. The summed E-state index contributed by atoms with van der Waals surface area (Å²) in [6.45, 7) is 7.30. The third-order valence-electron chi connectivity index (χ3n) is 4.94. The van der Waals surface area contributed by atoms with Crippen LogP contribution < -0.4 is 19.7 Å². The van der Waals surface area contributed by atoms with Crippen LogP contribution in [0.1, 0.15) is 19.4 Å². The second-order valence-electron chi connectivity index (χ2n) is 7.77. The van der Waals surface area contributed by atoms with Crippen LogP contribution in [-0.4, -0.2) is 44.4 Å². The predicted molar refractivity (Wildman–Crippen MR) is 108 cm³/mol. The van der Waals surface area contributed by atoms with Gasteiger partial charge in [-0.1, -0.05) is 12.1 Å². The van der Waals surface area contributed by atoms with Crippen molar-refractivity contribution in [2.75, 3.05) is 43.1 Å². The first-order valence-electron chi connectivity index (χ1n) is 9.66. The van der Waals surface area contributed by atoms with E-state index in [0.29, 0.717) is 5.75 Å².